The number of halogens is 2. The van der Waals surface area contributed by atoms with E-state index in [9.17, 15) is 23.2 Å². The topological polar surface area (TPSA) is 102 Å². The summed E-state index contributed by atoms with van der Waals surface area (Å²) in [7, 11) is 0. The summed E-state index contributed by atoms with van der Waals surface area (Å²) in [6.45, 7) is 2.35. The Hall–Kier alpha value is -2.75. The van der Waals surface area contributed by atoms with Crippen LogP contribution < -0.4 is 10.6 Å². The number of benzene rings is 1. The number of imide groups is 1. The molecule has 3 aliphatic rings. The van der Waals surface area contributed by atoms with E-state index in [-0.39, 0.29) is 24.4 Å². The second-order valence-electron chi connectivity index (χ2n) is 8.13. The largest absolute Gasteiger partial charge is 0.465 e. The van der Waals surface area contributed by atoms with Gasteiger partial charge in [-0.05, 0) is 31.4 Å². The minimum atomic E-state index is -1.01. The van der Waals surface area contributed by atoms with E-state index >= 15 is 0 Å². The fourth-order valence-corrected chi connectivity index (χ4v) is 4.49. The van der Waals surface area contributed by atoms with Crippen molar-refractivity contribution in [2.24, 2.45) is 0 Å². The smallest absolute Gasteiger partial charge is 0.407 e. The van der Waals surface area contributed by atoms with Crippen LogP contribution in [0.1, 0.15) is 37.2 Å². The van der Waals surface area contributed by atoms with Crippen molar-refractivity contribution < 1.29 is 28.3 Å². The molecule has 0 radical (unpaired) electrons. The number of carboxylic acid groups (broad SMARTS) is 1. The van der Waals surface area contributed by atoms with E-state index in [1.54, 1.807) is 0 Å². The van der Waals surface area contributed by atoms with Crippen molar-refractivity contribution in [3.05, 3.63) is 29.3 Å². The molecule has 10 heteroatoms. The van der Waals surface area contributed by atoms with Gasteiger partial charge in [-0.3, -0.25) is 19.8 Å². The van der Waals surface area contributed by atoms with Crippen molar-refractivity contribution in [3.63, 3.8) is 0 Å². The van der Waals surface area contributed by atoms with Gasteiger partial charge in [0.2, 0.25) is 11.8 Å². The lowest BCUT2D eigenvalue weighted by atomic mass is 9.84. The van der Waals surface area contributed by atoms with Crippen LogP contribution in [0.15, 0.2) is 12.1 Å². The standard InChI is InChI=1S/C20H24F2N4O4/c21-15-9-12(10-16(22)18(15)14-1-2-17(27)24-19(14)28)23-11-7-13(8-11)25-3-5-26(6-4-25)20(29)30/h9-11,13-14,23H,1-8H2,(H,29,30)(H,24,27,28). The first-order valence-corrected chi connectivity index (χ1v) is 10.1. The number of hydrogen-bond acceptors (Lipinski definition) is 5. The Morgan fingerprint density at radius 1 is 1.10 bits per heavy atom. The third kappa shape index (κ3) is 4.09. The van der Waals surface area contributed by atoms with Crippen molar-refractivity contribution >= 4 is 23.6 Å². The highest BCUT2D eigenvalue weighted by Crippen LogP contribution is 2.33. The number of anilines is 1. The van der Waals surface area contributed by atoms with Gasteiger partial charge in [0.1, 0.15) is 11.6 Å². The first kappa shape index (κ1) is 20.5. The van der Waals surface area contributed by atoms with Crippen molar-refractivity contribution in [2.45, 2.75) is 43.7 Å². The quantitative estimate of drug-likeness (QED) is 0.639. The lowest BCUT2D eigenvalue weighted by Gasteiger charge is -2.46. The molecule has 1 atom stereocenters. The van der Waals surface area contributed by atoms with Gasteiger partial charge in [0, 0.05) is 55.9 Å². The zero-order chi connectivity index (χ0) is 21.4. The number of piperazine rings is 1. The van der Waals surface area contributed by atoms with Gasteiger partial charge in [-0.2, -0.15) is 0 Å². The predicted octanol–water partition coefficient (Wildman–Crippen LogP) is 1.72. The van der Waals surface area contributed by atoms with Gasteiger partial charge in [-0.15, -0.1) is 0 Å². The molecule has 0 aromatic heterocycles. The van der Waals surface area contributed by atoms with E-state index in [4.69, 9.17) is 5.11 Å². The summed E-state index contributed by atoms with van der Waals surface area (Å²) in [5.41, 5.74) is 0.0218. The number of carbonyl (C=O) groups excluding carboxylic acids is 2. The number of nitrogens with zero attached hydrogens (tertiary/aromatic N) is 2. The molecule has 162 valence electrons. The van der Waals surface area contributed by atoms with E-state index in [0.29, 0.717) is 37.9 Å². The summed E-state index contributed by atoms with van der Waals surface area (Å²) in [6, 6.07) is 2.80. The summed E-state index contributed by atoms with van der Waals surface area (Å²) < 4.78 is 29.2. The molecule has 0 spiro atoms. The minimum Gasteiger partial charge on any atom is -0.465 e. The molecule has 1 aromatic carbocycles. The molecule has 1 aromatic rings. The lowest BCUT2D eigenvalue weighted by Crippen LogP contribution is -2.57. The van der Waals surface area contributed by atoms with Crippen molar-refractivity contribution in [1.82, 2.24) is 15.1 Å². The van der Waals surface area contributed by atoms with Crippen LogP contribution in [0.25, 0.3) is 0 Å². The second kappa shape index (κ2) is 8.17. The maximum atomic E-state index is 14.6. The molecule has 4 rings (SSSR count). The third-order valence-corrected chi connectivity index (χ3v) is 6.25. The van der Waals surface area contributed by atoms with E-state index in [1.165, 1.54) is 17.0 Å². The highest BCUT2D eigenvalue weighted by Gasteiger charge is 2.36. The molecule has 3 N–H and O–H groups in total. The lowest BCUT2D eigenvalue weighted by molar-refractivity contribution is -0.134. The number of nitrogens with one attached hydrogen (secondary N) is 2. The van der Waals surface area contributed by atoms with E-state index < -0.39 is 35.5 Å². The zero-order valence-electron chi connectivity index (χ0n) is 16.4. The molecular weight excluding hydrogens is 398 g/mol. The van der Waals surface area contributed by atoms with Gasteiger partial charge in [0.15, 0.2) is 0 Å². The average molecular weight is 422 g/mol. The van der Waals surface area contributed by atoms with Crippen LogP contribution in [-0.2, 0) is 9.59 Å². The van der Waals surface area contributed by atoms with Crippen molar-refractivity contribution in [3.8, 4) is 0 Å². The summed E-state index contributed by atoms with van der Waals surface area (Å²) in [5, 5.41) is 14.3. The molecule has 30 heavy (non-hydrogen) atoms. The molecule has 0 bridgehead atoms. The average Bonchev–Trinajstić information content (AvgIpc) is 2.65. The molecule has 8 nitrogen and oxygen atoms in total. The van der Waals surface area contributed by atoms with Crippen molar-refractivity contribution in [1.29, 1.82) is 0 Å². The van der Waals surface area contributed by atoms with Crippen LogP contribution >= 0.6 is 0 Å². The first-order chi connectivity index (χ1) is 14.3. The molecule has 1 aliphatic carbocycles. The Balaban J connectivity index is 1.33. The molecule has 1 unspecified atom stereocenters. The van der Waals surface area contributed by atoms with Gasteiger partial charge < -0.3 is 15.3 Å². The second-order valence-corrected chi connectivity index (χ2v) is 8.13. The van der Waals surface area contributed by atoms with Crippen LogP contribution in [0.4, 0.5) is 19.3 Å². The monoisotopic (exact) mass is 422 g/mol. The third-order valence-electron chi connectivity index (χ3n) is 6.25. The van der Waals surface area contributed by atoms with Crippen LogP contribution in [0.5, 0.6) is 0 Å². The number of amides is 3. The summed E-state index contributed by atoms with van der Waals surface area (Å²) >= 11 is 0. The Morgan fingerprint density at radius 2 is 1.73 bits per heavy atom. The van der Waals surface area contributed by atoms with Crippen LogP contribution in [0.3, 0.4) is 0 Å². The van der Waals surface area contributed by atoms with Crippen LogP contribution in [0, 0.1) is 11.6 Å². The Labute approximate surface area is 172 Å². The summed E-state index contributed by atoms with van der Waals surface area (Å²) in [6.07, 6.45) is 0.869. The fraction of sp³-hybridized carbons (Fsp3) is 0.550. The number of piperidine rings is 1. The Morgan fingerprint density at radius 3 is 2.30 bits per heavy atom. The highest BCUT2D eigenvalue weighted by molar-refractivity contribution is 6.01. The molecule has 3 amide bonds. The predicted molar refractivity (Wildman–Crippen MR) is 103 cm³/mol. The fourth-order valence-electron chi connectivity index (χ4n) is 4.49. The van der Waals surface area contributed by atoms with Crippen molar-refractivity contribution in [2.75, 3.05) is 31.5 Å². The number of rotatable bonds is 4. The van der Waals surface area contributed by atoms with Gasteiger partial charge in [0.25, 0.3) is 0 Å². The first-order valence-electron chi connectivity index (χ1n) is 10.1. The van der Waals surface area contributed by atoms with E-state index in [1.807, 2.05) is 0 Å². The molecule has 3 fully saturated rings. The number of hydrogen-bond donors (Lipinski definition) is 3. The summed E-state index contributed by atoms with van der Waals surface area (Å²) in [5.74, 6) is -3.71. The zero-order valence-corrected chi connectivity index (χ0v) is 16.4. The molecular formula is C20H24F2N4O4. The molecule has 2 aliphatic heterocycles. The SMILES string of the molecule is O=C1CCC(c2c(F)cc(NC3CC(N4CCN(C(=O)O)CC4)C3)cc2F)C(=O)N1. The van der Waals surface area contributed by atoms with Crippen LogP contribution in [0.2, 0.25) is 0 Å². The normalized spacial score (nSPS) is 27.4. The Kier molecular flexibility index (Phi) is 5.59. The molecule has 2 heterocycles. The van der Waals surface area contributed by atoms with E-state index in [0.717, 1.165) is 12.8 Å². The van der Waals surface area contributed by atoms with Gasteiger partial charge in [-0.25, -0.2) is 13.6 Å². The highest BCUT2D eigenvalue weighted by atomic mass is 19.1. The maximum Gasteiger partial charge on any atom is 0.407 e. The minimum absolute atomic E-state index is 0.0550. The molecule has 2 saturated heterocycles. The molecule has 1 saturated carbocycles. The summed E-state index contributed by atoms with van der Waals surface area (Å²) in [4.78, 5) is 37.9. The van der Waals surface area contributed by atoms with Gasteiger partial charge in [0.05, 0.1) is 5.92 Å². The van der Waals surface area contributed by atoms with Crippen LogP contribution in [-0.4, -0.2) is 71.1 Å². The number of carbonyl (C=O) groups is 3. The van der Waals surface area contributed by atoms with Gasteiger partial charge in [-0.1, -0.05) is 0 Å². The van der Waals surface area contributed by atoms with E-state index in [2.05, 4.69) is 15.5 Å². The Bertz CT molecular complexity index is 843. The maximum absolute atomic E-state index is 14.6. The van der Waals surface area contributed by atoms with Gasteiger partial charge >= 0.3 is 6.09 Å².